The second kappa shape index (κ2) is 6.85. The number of nitrogens with zero attached hydrogens (tertiary/aromatic N) is 2. The summed E-state index contributed by atoms with van der Waals surface area (Å²) in [7, 11) is 2.04. The highest BCUT2D eigenvalue weighted by molar-refractivity contribution is 7.10. The van der Waals surface area contributed by atoms with Crippen LogP contribution in [0.25, 0.3) is 0 Å². The first-order valence-electron chi connectivity index (χ1n) is 6.78. The van der Waals surface area contributed by atoms with Crippen LogP contribution in [-0.4, -0.2) is 60.0 Å². The average molecular weight is 296 g/mol. The van der Waals surface area contributed by atoms with Crippen LogP contribution < -0.4 is 0 Å². The molecule has 1 fully saturated rings. The molecule has 110 valence electrons. The minimum absolute atomic E-state index is 0.0139. The van der Waals surface area contributed by atoms with Crippen molar-refractivity contribution in [1.82, 2.24) is 9.80 Å². The lowest BCUT2D eigenvalue weighted by atomic mass is 9.98. The maximum atomic E-state index is 12.3. The fourth-order valence-electron chi connectivity index (χ4n) is 2.40. The van der Waals surface area contributed by atoms with E-state index in [1.807, 2.05) is 29.5 Å². The summed E-state index contributed by atoms with van der Waals surface area (Å²) < 4.78 is 0. The number of carbonyl (C=O) groups excluding carboxylic acids is 1. The van der Waals surface area contributed by atoms with Gasteiger partial charge in [0.05, 0.1) is 6.42 Å². The van der Waals surface area contributed by atoms with Gasteiger partial charge in [0.15, 0.2) is 0 Å². The number of hydrogen-bond donors (Lipinski definition) is 1. The number of piperazine rings is 1. The molecular weight excluding hydrogens is 276 g/mol. The van der Waals surface area contributed by atoms with Crippen molar-refractivity contribution >= 4 is 23.2 Å². The molecule has 0 bridgehead atoms. The zero-order valence-corrected chi connectivity index (χ0v) is 12.4. The summed E-state index contributed by atoms with van der Waals surface area (Å²) in [6, 6.07) is 3.81. The predicted octanol–water partition coefficient (Wildman–Crippen LogP) is 1.47. The quantitative estimate of drug-likeness (QED) is 0.894. The molecule has 0 aliphatic carbocycles. The Morgan fingerprint density at radius 1 is 1.30 bits per heavy atom. The maximum absolute atomic E-state index is 12.3. The van der Waals surface area contributed by atoms with Gasteiger partial charge in [-0.2, -0.15) is 0 Å². The Labute approximate surface area is 122 Å². The fraction of sp³-hybridized carbons (Fsp3) is 0.571. The topological polar surface area (TPSA) is 60.9 Å². The van der Waals surface area contributed by atoms with Gasteiger partial charge in [0, 0.05) is 43.4 Å². The van der Waals surface area contributed by atoms with Crippen molar-refractivity contribution in [3.05, 3.63) is 22.4 Å². The van der Waals surface area contributed by atoms with Crippen LogP contribution in [-0.2, 0) is 9.59 Å². The number of carbonyl (C=O) groups is 2. The van der Waals surface area contributed by atoms with Crippen LogP contribution in [0, 0.1) is 0 Å². The SMILES string of the molecule is CN1CCN(C(=O)C[C@@H](CC(=O)O)c2cccs2)CC1. The number of thiophene rings is 1. The number of likely N-dealkylation sites (N-methyl/N-ethyl adjacent to an activating group) is 1. The van der Waals surface area contributed by atoms with E-state index in [1.54, 1.807) is 0 Å². The van der Waals surface area contributed by atoms with Gasteiger partial charge in [-0.3, -0.25) is 9.59 Å². The number of hydrogen-bond acceptors (Lipinski definition) is 4. The minimum atomic E-state index is -0.852. The van der Waals surface area contributed by atoms with Crippen molar-refractivity contribution in [3.63, 3.8) is 0 Å². The molecule has 1 aromatic rings. The van der Waals surface area contributed by atoms with Gasteiger partial charge in [0.25, 0.3) is 0 Å². The van der Waals surface area contributed by atoms with Gasteiger partial charge < -0.3 is 14.9 Å². The van der Waals surface area contributed by atoms with Gasteiger partial charge in [0.1, 0.15) is 0 Å². The van der Waals surface area contributed by atoms with Crippen LogP contribution in [0.2, 0.25) is 0 Å². The summed E-state index contributed by atoms with van der Waals surface area (Å²) in [5, 5.41) is 10.9. The van der Waals surface area contributed by atoms with Crippen LogP contribution in [0.1, 0.15) is 23.6 Å². The third-order valence-corrected chi connectivity index (χ3v) is 4.68. The summed E-state index contributed by atoms with van der Waals surface area (Å²) in [4.78, 5) is 28.3. The molecule has 1 amide bonds. The van der Waals surface area contributed by atoms with E-state index in [1.165, 1.54) is 11.3 Å². The number of rotatable bonds is 5. The molecule has 0 spiro atoms. The van der Waals surface area contributed by atoms with E-state index in [4.69, 9.17) is 5.11 Å². The fourth-order valence-corrected chi connectivity index (χ4v) is 3.23. The van der Waals surface area contributed by atoms with E-state index >= 15 is 0 Å². The molecule has 1 saturated heterocycles. The summed E-state index contributed by atoms with van der Waals surface area (Å²) in [5.41, 5.74) is 0. The van der Waals surface area contributed by atoms with E-state index in [9.17, 15) is 9.59 Å². The minimum Gasteiger partial charge on any atom is -0.481 e. The second-order valence-corrected chi connectivity index (χ2v) is 6.18. The lowest BCUT2D eigenvalue weighted by molar-refractivity contribution is -0.138. The van der Waals surface area contributed by atoms with Gasteiger partial charge in [-0.05, 0) is 18.5 Å². The smallest absolute Gasteiger partial charge is 0.304 e. The van der Waals surface area contributed by atoms with Crippen LogP contribution >= 0.6 is 11.3 Å². The van der Waals surface area contributed by atoms with E-state index in [0.29, 0.717) is 0 Å². The summed E-state index contributed by atoms with van der Waals surface area (Å²) in [5.74, 6) is -0.994. The molecule has 0 saturated carbocycles. The largest absolute Gasteiger partial charge is 0.481 e. The molecule has 1 aliphatic heterocycles. The highest BCUT2D eigenvalue weighted by Gasteiger charge is 2.25. The van der Waals surface area contributed by atoms with Crippen LogP contribution in [0.4, 0.5) is 0 Å². The number of amides is 1. The zero-order valence-electron chi connectivity index (χ0n) is 11.6. The van der Waals surface area contributed by atoms with Gasteiger partial charge >= 0.3 is 5.97 Å². The predicted molar refractivity (Wildman–Crippen MR) is 78.0 cm³/mol. The van der Waals surface area contributed by atoms with Crippen molar-refractivity contribution < 1.29 is 14.7 Å². The highest BCUT2D eigenvalue weighted by Crippen LogP contribution is 2.28. The summed E-state index contributed by atoms with van der Waals surface area (Å²) in [6.45, 7) is 3.24. The molecule has 0 radical (unpaired) electrons. The standard InChI is InChI=1S/C14H20N2O3S/c1-15-4-6-16(7-5-15)13(17)9-11(10-14(18)19)12-3-2-8-20-12/h2-3,8,11H,4-7,9-10H2,1H3,(H,18,19)/t11-/m0/s1. The average Bonchev–Trinajstić information content (AvgIpc) is 2.92. The normalized spacial score (nSPS) is 17.9. The summed E-state index contributed by atoms with van der Waals surface area (Å²) >= 11 is 1.52. The number of aliphatic carboxylic acids is 1. The maximum Gasteiger partial charge on any atom is 0.304 e. The monoisotopic (exact) mass is 296 g/mol. The Balaban J connectivity index is 1.97. The van der Waals surface area contributed by atoms with Crippen LogP contribution in [0.3, 0.4) is 0 Å². The lowest BCUT2D eigenvalue weighted by Gasteiger charge is -2.33. The molecule has 1 aromatic heterocycles. The molecule has 1 N–H and O–H groups in total. The molecule has 20 heavy (non-hydrogen) atoms. The Kier molecular flexibility index (Phi) is 5.14. The third-order valence-electron chi connectivity index (χ3n) is 3.64. The van der Waals surface area contributed by atoms with Gasteiger partial charge in [-0.15, -0.1) is 11.3 Å². The van der Waals surface area contributed by atoms with Crippen molar-refractivity contribution in [3.8, 4) is 0 Å². The van der Waals surface area contributed by atoms with E-state index < -0.39 is 5.97 Å². The molecule has 2 rings (SSSR count). The number of carboxylic acids is 1. The molecule has 6 heteroatoms. The first-order valence-corrected chi connectivity index (χ1v) is 7.65. The Hall–Kier alpha value is -1.40. The Morgan fingerprint density at radius 3 is 2.55 bits per heavy atom. The molecule has 0 aromatic carbocycles. The molecule has 0 unspecified atom stereocenters. The van der Waals surface area contributed by atoms with Crippen LogP contribution in [0.15, 0.2) is 17.5 Å². The van der Waals surface area contributed by atoms with Gasteiger partial charge in [-0.1, -0.05) is 6.07 Å². The molecular formula is C14H20N2O3S. The van der Waals surface area contributed by atoms with E-state index in [0.717, 1.165) is 31.1 Å². The Morgan fingerprint density at radius 2 is 2.00 bits per heavy atom. The van der Waals surface area contributed by atoms with E-state index in [2.05, 4.69) is 4.90 Å². The van der Waals surface area contributed by atoms with Crippen molar-refractivity contribution in [2.45, 2.75) is 18.8 Å². The zero-order chi connectivity index (χ0) is 14.5. The van der Waals surface area contributed by atoms with Crippen molar-refractivity contribution in [1.29, 1.82) is 0 Å². The van der Waals surface area contributed by atoms with Crippen molar-refractivity contribution in [2.24, 2.45) is 0 Å². The third kappa shape index (κ3) is 4.05. The van der Waals surface area contributed by atoms with Gasteiger partial charge in [-0.25, -0.2) is 0 Å². The lowest BCUT2D eigenvalue weighted by Crippen LogP contribution is -2.47. The first kappa shape index (κ1) is 15.0. The second-order valence-electron chi connectivity index (χ2n) is 5.20. The van der Waals surface area contributed by atoms with Gasteiger partial charge in [0.2, 0.25) is 5.91 Å². The molecule has 1 atom stereocenters. The van der Waals surface area contributed by atoms with Crippen LogP contribution in [0.5, 0.6) is 0 Å². The first-order chi connectivity index (χ1) is 9.56. The number of carboxylic acid groups (broad SMARTS) is 1. The molecule has 1 aliphatic rings. The highest BCUT2D eigenvalue weighted by atomic mass is 32.1. The van der Waals surface area contributed by atoms with E-state index in [-0.39, 0.29) is 24.7 Å². The summed E-state index contributed by atoms with van der Waals surface area (Å²) in [6.07, 6.45) is 0.302. The van der Waals surface area contributed by atoms with Crippen molar-refractivity contribution in [2.75, 3.05) is 33.2 Å². The molecule has 5 nitrogen and oxygen atoms in total. The molecule has 2 heterocycles. The Bertz CT molecular complexity index is 453.